The SMILES string of the molecule is CCC(NN)C(OC)C1CC1. The molecule has 1 fully saturated rings. The van der Waals surface area contributed by atoms with Gasteiger partial charge in [0.15, 0.2) is 0 Å². The van der Waals surface area contributed by atoms with Crippen molar-refractivity contribution < 1.29 is 4.74 Å². The second kappa shape index (κ2) is 4.04. The molecule has 1 saturated carbocycles. The number of rotatable bonds is 5. The first-order valence-corrected chi connectivity index (χ1v) is 4.32. The van der Waals surface area contributed by atoms with Crippen LogP contribution in [0.5, 0.6) is 0 Å². The molecule has 1 rings (SSSR count). The third kappa shape index (κ3) is 2.15. The summed E-state index contributed by atoms with van der Waals surface area (Å²) >= 11 is 0. The molecule has 0 amide bonds. The minimum Gasteiger partial charge on any atom is -0.379 e. The quantitative estimate of drug-likeness (QED) is 0.456. The van der Waals surface area contributed by atoms with Crippen LogP contribution in [0.25, 0.3) is 0 Å². The van der Waals surface area contributed by atoms with Gasteiger partial charge >= 0.3 is 0 Å². The van der Waals surface area contributed by atoms with Gasteiger partial charge in [-0.25, -0.2) is 0 Å². The Balaban J connectivity index is 2.36. The van der Waals surface area contributed by atoms with Gasteiger partial charge in [0.25, 0.3) is 0 Å². The molecule has 0 aromatic rings. The molecule has 0 bridgehead atoms. The van der Waals surface area contributed by atoms with E-state index in [1.165, 1.54) is 12.8 Å². The lowest BCUT2D eigenvalue weighted by atomic mass is 10.1. The third-order valence-corrected chi connectivity index (χ3v) is 2.41. The number of nitrogens with one attached hydrogen (secondary N) is 1. The Labute approximate surface area is 68.3 Å². The molecule has 11 heavy (non-hydrogen) atoms. The molecule has 1 aliphatic rings. The highest BCUT2D eigenvalue weighted by Gasteiger charge is 2.35. The molecule has 1 aliphatic carbocycles. The summed E-state index contributed by atoms with van der Waals surface area (Å²) < 4.78 is 5.38. The summed E-state index contributed by atoms with van der Waals surface area (Å²) in [6, 6.07) is 0.326. The Hall–Kier alpha value is -0.120. The molecule has 0 aliphatic heterocycles. The van der Waals surface area contributed by atoms with Gasteiger partial charge in [0.2, 0.25) is 0 Å². The molecule has 0 heterocycles. The van der Waals surface area contributed by atoms with Crippen LogP contribution in [0.15, 0.2) is 0 Å². The fourth-order valence-electron chi connectivity index (χ4n) is 1.56. The highest BCUT2D eigenvalue weighted by atomic mass is 16.5. The van der Waals surface area contributed by atoms with Crippen molar-refractivity contribution in [3.63, 3.8) is 0 Å². The van der Waals surface area contributed by atoms with E-state index in [0.29, 0.717) is 12.1 Å². The zero-order valence-electron chi connectivity index (χ0n) is 7.34. The average Bonchev–Trinajstić information content (AvgIpc) is 2.82. The molecule has 0 aromatic heterocycles. The van der Waals surface area contributed by atoms with E-state index in [1.807, 2.05) is 0 Å². The Morgan fingerprint density at radius 3 is 2.55 bits per heavy atom. The van der Waals surface area contributed by atoms with E-state index in [4.69, 9.17) is 10.6 Å². The minimum absolute atomic E-state index is 0.324. The van der Waals surface area contributed by atoms with Crippen LogP contribution >= 0.6 is 0 Å². The Morgan fingerprint density at radius 1 is 1.64 bits per heavy atom. The first-order chi connectivity index (χ1) is 5.33. The Kier molecular flexibility index (Phi) is 3.30. The third-order valence-electron chi connectivity index (χ3n) is 2.41. The van der Waals surface area contributed by atoms with Crippen molar-refractivity contribution in [3.05, 3.63) is 0 Å². The fraction of sp³-hybridized carbons (Fsp3) is 1.00. The summed E-state index contributed by atoms with van der Waals surface area (Å²) in [5, 5.41) is 0. The van der Waals surface area contributed by atoms with Crippen molar-refractivity contribution in [2.75, 3.05) is 7.11 Å². The van der Waals surface area contributed by atoms with Crippen LogP contribution < -0.4 is 11.3 Å². The van der Waals surface area contributed by atoms with E-state index >= 15 is 0 Å². The molecule has 3 nitrogen and oxygen atoms in total. The number of nitrogens with two attached hydrogens (primary N) is 1. The maximum atomic E-state index is 5.40. The van der Waals surface area contributed by atoms with Gasteiger partial charge < -0.3 is 4.74 Å². The van der Waals surface area contributed by atoms with E-state index < -0.39 is 0 Å². The van der Waals surface area contributed by atoms with E-state index in [9.17, 15) is 0 Å². The van der Waals surface area contributed by atoms with Crippen LogP contribution in [0.1, 0.15) is 26.2 Å². The van der Waals surface area contributed by atoms with Crippen LogP contribution in [0.4, 0.5) is 0 Å². The van der Waals surface area contributed by atoms with Gasteiger partial charge in [-0.15, -0.1) is 0 Å². The number of methoxy groups -OCH3 is 1. The molecule has 0 radical (unpaired) electrons. The van der Waals surface area contributed by atoms with Crippen LogP contribution in [0.3, 0.4) is 0 Å². The van der Waals surface area contributed by atoms with Gasteiger partial charge in [-0.3, -0.25) is 11.3 Å². The topological polar surface area (TPSA) is 47.3 Å². The van der Waals surface area contributed by atoms with Gasteiger partial charge in [0, 0.05) is 13.2 Å². The van der Waals surface area contributed by atoms with Gasteiger partial charge in [-0.2, -0.15) is 0 Å². The zero-order valence-corrected chi connectivity index (χ0v) is 7.34. The lowest BCUT2D eigenvalue weighted by molar-refractivity contribution is 0.0499. The number of ether oxygens (including phenoxy) is 1. The smallest absolute Gasteiger partial charge is 0.0765 e. The molecular weight excluding hydrogens is 140 g/mol. The van der Waals surface area contributed by atoms with Crippen molar-refractivity contribution in [1.82, 2.24) is 5.43 Å². The van der Waals surface area contributed by atoms with Gasteiger partial charge in [-0.05, 0) is 25.2 Å². The molecule has 0 aromatic carbocycles. The van der Waals surface area contributed by atoms with Crippen molar-refractivity contribution in [3.8, 4) is 0 Å². The van der Waals surface area contributed by atoms with Crippen LogP contribution in [-0.4, -0.2) is 19.3 Å². The predicted molar refractivity (Wildman–Crippen MR) is 44.9 cm³/mol. The molecule has 2 atom stereocenters. The number of hydrogen-bond acceptors (Lipinski definition) is 3. The second-order valence-electron chi connectivity index (χ2n) is 3.22. The van der Waals surface area contributed by atoms with Crippen molar-refractivity contribution in [2.24, 2.45) is 11.8 Å². The molecule has 0 saturated heterocycles. The standard InChI is InChI=1S/C8H18N2O/c1-3-7(10-9)8(11-2)6-4-5-6/h6-8,10H,3-5,9H2,1-2H3. The van der Waals surface area contributed by atoms with Crippen molar-refractivity contribution in [2.45, 2.75) is 38.3 Å². The predicted octanol–water partition coefficient (Wildman–Crippen LogP) is 0.653. The van der Waals surface area contributed by atoms with Crippen LogP contribution in [0.2, 0.25) is 0 Å². The molecular formula is C8H18N2O. The summed E-state index contributed by atoms with van der Waals surface area (Å²) in [7, 11) is 1.77. The maximum Gasteiger partial charge on any atom is 0.0765 e. The van der Waals surface area contributed by atoms with Crippen molar-refractivity contribution >= 4 is 0 Å². The summed E-state index contributed by atoms with van der Waals surface area (Å²) in [5.74, 6) is 6.15. The normalized spacial score (nSPS) is 23.2. The van der Waals surface area contributed by atoms with Crippen LogP contribution in [-0.2, 0) is 4.74 Å². The highest BCUT2D eigenvalue weighted by Crippen LogP contribution is 2.35. The highest BCUT2D eigenvalue weighted by molar-refractivity contribution is 4.88. The van der Waals surface area contributed by atoms with E-state index in [1.54, 1.807) is 7.11 Å². The van der Waals surface area contributed by atoms with Crippen molar-refractivity contribution in [1.29, 1.82) is 0 Å². The first kappa shape index (κ1) is 8.97. The average molecular weight is 158 g/mol. The monoisotopic (exact) mass is 158 g/mol. The first-order valence-electron chi connectivity index (χ1n) is 4.32. The molecule has 0 spiro atoms. The fourth-order valence-corrected chi connectivity index (χ4v) is 1.56. The van der Waals surface area contributed by atoms with E-state index in [2.05, 4.69) is 12.3 Å². The molecule has 3 N–H and O–H groups in total. The zero-order chi connectivity index (χ0) is 8.27. The summed E-state index contributed by atoms with van der Waals surface area (Å²) in [5.41, 5.74) is 2.80. The largest absolute Gasteiger partial charge is 0.379 e. The molecule has 3 heteroatoms. The second-order valence-corrected chi connectivity index (χ2v) is 3.22. The van der Waals surface area contributed by atoms with E-state index in [0.717, 1.165) is 12.3 Å². The summed E-state index contributed by atoms with van der Waals surface area (Å²) in [6.07, 6.45) is 3.96. The van der Waals surface area contributed by atoms with E-state index in [-0.39, 0.29) is 0 Å². The lowest BCUT2D eigenvalue weighted by Gasteiger charge is -2.23. The Morgan fingerprint density at radius 2 is 2.27 bits per heavy atom. The summed E-state index contributed by atoms with van der Waals surface area (Å²) in [4.78, 5) is 0. The number of hydrogen-bond donors (Lipinski definition) is 2. The minimum atomic E-state index is 0.324. The molecule has 66 valence electrons. The van der Waals surface area contributed by atoms with Gasteiger partial charge in [0.05, 0.1) is 6.10 Å². The van der Waals surface area contributed by atoms with Gasteiger partial charge in [0.1, 0.15) is 0 Å². The van der Waals surface area contributed by atoms with Gasteiger partial charge in [-0.1, -0.05) is 6.92 Å². The molecule has 2 unspecified atom stereocenters. The maximum absolute atomic E-state index is 5.40. The number of hydrazine groups is 1. The van der Waals surface area contributed by atoms with Crippen LogP contribution in [0, 0.1) is 5.92 Å². The Bertz CT molecular complexity index is 111. The summed E-state index contributed by atoms with van der Waals surface area (Å²) in [6.45, 7) is 2.12. The lowest BCUT2D eigenvalue weighted by Crippen LogP contribution is -2.45.